The SMILES string of the molecule is C=CC(C)=C[C@@]1(C)SC(=O)C(CCc2ccc(C)cc2)C1=O. The van der Waals surface area contributed by atoms with Gasteiger partial charge in [0.1, 0.15) is 0 Å². The highest BCUT2D eigenvalue weighted by molar-refractivity contribution is 8.16. The minimum Gasteiger partial charge on any atom is -0.297 e. The van der Waals surface area contributed by atoms with Crippen molar-refractivity contribution < 1.29 is 9.59 Å². The van der Waals surface area contributed by atoms with Gasteiger partial charge in [-0.1, -0.05) is 65.9 Å². The van der Waals surface area contributed by atoms with Crippen molar-refractivity contribution in [3.05, 3.63) is 59.7 Å². The van der Waals surface area contributed by atoms with E-state index in [9.17, 15) is 9.59 Å². The quantitative estimate of drug-likeness (QED) is 0.601. The Morgan fingerprint density at radius 1 is 1.32 bits per heavy atom. The maximum atomic E-state index is 12.6. The van der Waals surface area contributed by atoms with Crippen molar-refractivity contribution in [2.45, 2.75) is 38.4 Å². The molecule has 1 unspecified atom stereocenters. The summed E-state index contributed by atoms with van der Waals surface area (Å²) in [6.07, 6.45) is 4.91. The highest BCUT2D eigenvalue weighted by Gasteiger charge is 2.49. The fourth-order valence-corrected chi connectivity index (χ4v) is 3.96. The lowest BCUT2D eigenvalue weighted by atomic mass is 9.89. The number of hydrogen-bond acceptors (Lipinski definition) is 3. The summed E-state index contributed by atoms with van der Waals surface area (Å²) in [7, 11) is 0. The van der Waals surface area contributed by atoms with Crippen molar-refractivity contribution in [2.24, 2.45) is 5.92 Å². The Balaban J connectivity index is 2.09. The van der Waals surface area contributed by atoms with Crippen molar-refractivity contribution in [1.29, 1.82) is 0 Å². The van der Waals surface area contributed by atoms with E-state index in [4.69, 9.17) is 0 Å². The van der Waals surface area contributed by atoms with Crippen molar-refractivity contribution in [2.75, 3.05) is 0 Å². The van der Waals surface area contributed by atoms with Gasteiger partial charge in [-0.2, -0.15) is 0 Å². The summed E-state index contributed by atoms with van der Waals surface area (Å²) < 4.78 is -0.743. The molecule has 0 amide bonds. The number of hydrogen-bond donors (Lipinski definition) is 0. The number of rotatable bonds is 5. The first-order chi connectivity index (χ1) is 10.4. The predicted octanol–water partition coefficient (Wildman–Crippen LogP) is 4.28. The van der Waals surface area contributed by atoms with Crippen LogP contribution in [0.3, 0.4) is 0 Å². The molecule has 0 aromatic heterocycles. The zero-order valence-electron chi connectivity index (χ0n) is 13.4. The molecule has 2 rings (SSSR count). The normalized spacial score (nSPS) is 25.6. The minimum absolute atomic E-state index is 0.00674. The lowest BCUT2D eigenvalue weighted by molar-refractivity contribution is -0.127. The van der Waals surface area contributed by atoms with Gasteiger partial charge in [0.15, 0.2) is 5.78 Å². The Morgan fingerprint density at radius 3 is 2.55 bits per heavy atom. The molecule has 2 atom stereocenters. The maximum Gasteiger partial charge on any atom is 0.200 e. The number of thioether (sulfide) groups is 1. The Morgan fingerprint density at radius 2 is 1.95 bits per heavy atom. The first-order valence-electron chi connectivity index (χ1n) is 7.50. The largest absolute Gasteiger partial charge is 0.297 e. The molecule has 1 heterocycles. The van der Waals surface area contributed by atoms with Crippen LogP contribution in [0.4, 0.5) is 0 Å². The Bertz CT molecular complexity index is 627. The number of aryl methyl sites for hydroxylation is 2. The summed E-state index contributed by atoms with van der Waals surface area (Å²) in [6, 6.07) is 8.24. The van der Waals surface area contributed by atoms with Crippen LogP contribution >= 0.6 is 11.8 Å². The lowest BCUT2D eigenvalue weighted by Crippen LogP contribution is -2.29. The summed E-state index contributed by atoms with van der Waals surface area (Å²) >= 11 is 1.15. The second-order valence-corrected chi connectivity index (χ2v) is 7.52. The van der Waals surface area contributed by atoms with Crippen LogP contribution in [0.25, 0.3) is 0 Å². The van der Waals surface area contributed by atoms with E-state index in [1.54, 1.807) is 6.08 Å². The molecule has 0 bridgehead atoms. The molecule has 0 spiro atoms. The van der Waals surface area contributed by atoms with E-state index in [1.165, 1.54) is 11.1 Å². The molecule has 0 N–H and O–H groups in total. The molecule has 0 saturated carbocycles. The molecule has 2 nitrogen and oxygen atoms in total. The highest BCUT2D eigenvalue weighted by atomic mass is 32.2. The molecule has 1 saturated heterocycles. The lowest BCUT2D eigenvalue weighted by Gasteiger charge is -2.16. The molecule has 1 aromatic carbocycles. The summed E-state index contributed by atoms with van der Waals surface area (Å²) in [5, 5.41) is -0.00674. The van der Waals surface area contributed by atoms with Crippen LogP contribution in [0, 0.1) is 12.8 Å². The fourth-order valence-electron chi connectivity index (χ4n) is 2.69. The van der Waals surface area contributed by atoms with E-state index in [0.717, 1.165) is 23.8 Å². The molecule has 3 heteroatoms. The molecule has 1 fully saturated rings. The van der Waals surface area contributed by atoms with Gasteiger partial charge in [-0.25, -0.2) is 0 Å². The third-order valence-corrected chi connectivity index (χ3v) is 5.30. The van der Waals surface area contributed by atoms with Crippen LogP contribution in [0.15, 0.2) is 48.6 Å². The number of Topliss-reactive ketones (excluding diaryl/α,β-unsaturated/α-hetero) is 1. The van der Waals surface area contributed by atoms with E-state index in [0.29, 0.717) is 6.42 Å². The standard InChI is InChI=1S/C19H22O2S/c1-5-13(2)12-19(4)17(20)16(18(21)22-19)11-10-15-8-6-14(3)7-9-15/h5-9,12,16H,1,10-11H2,2-4H3/t16?,19-/m1/s1. The molecule has 1 aromatic rings. The van der Waals surface area contributed by atoms with Gasteiger partial charge >= 0.3 is 0 Å². The maximum absolute atomic E-state index is 12.6. The van der Waals surface area contributed by atoms with Gasteiger partial charge in [0.25, 0.3) is 0 Å². The van der Waals surface area contributed by atoms with Gasteiger partial charge in [-0.05, 0) is 39.2 Å². The number of carbonyl (C=O) groups excluding carboxylic acids is 2. The monoisotopic (exact) mass is 314 g/mol. The van der Waals surface area contributed by atoms with Gasteiger partial charge in [0.2, 0.25) is 5.12 Å². The average molecular weight is 314 g/mol. The number of allylic oxidation sites excluding steroid dienone is 2. The Labute approximate surface area is 136 Å². The van der Waals surface area contributed by atoms with Gasteiger partial charge < -0.3 is 0 Å². The zero-order chi connectivity index (χ0) is 16.3. The number of benzene rings is 1. The minimum atomic E-state index is -0.743. The Kier molecular flexibility index (Phi) is 5.07. The molecule has 22 heavy (non-hydrogen) atoms. The molecule has 1 aliphatic heterocycles. The predicted molar refractivity (Wildman–Crippen MR) is 93.0 cm³/mol. The molecular weight excluding hydrogens is 292 g/mol. The van der Waals surface area contributed by atoms with Crippen molar-refractivity contribution >= 4 is 22.7 Å². The average Bonchev–Trinajstić information content (AvgIpc) is 2.68. The van der Waals surface area contributed by atoms with E-state index < -0.39 is 10.7 Å². The van der Waals surface area contributed by atoms with Crippen molar-refractivity contribution in [1.82, 2.24) is 0 Å². The van der Waals surface area contributed by atoms with Gasteiger partial charge in [0, 0.05) is 0 Å². The summed E-state index contributed by atoms with van der Waals surface area (Å²) in [4.78, 5) is 24.9. The van der Waals surface area contributed by atoms with Crippen LogP contribution in [0.2, 0.25) is 0 Å². The summed E-state index contributed by atoms with van der Waals surface area (Å²) in [5.41, 5.74) is 3.31. The summed E-state index contributed by atoms with van der Waals surface area (Å²) in [5.74, 6) is -0.471. The van der Waals surface area contributed by atoms with Gasteiger partial charge in [-0.15, -0.1) is 0 Å². The second-order valence-electron chi connectivity index (χ2n) is 6.06. The van der Waals surface area contributed by atoms with Crippen LogP contribution < -0.4 is 0 Å². The third-order valence-electron chi connectivity index (χ3n) is 4.07. The number of carbonyl (C=O) groups is 2. The molecule has 116 valence electrons. The highest BCUT2D eigenvalue weighted by Crippen LogP contribution is 2.43. The first kappa shape index (κ1) is 16.8. The smallest absolute Gasteiger partial charge is 0.200 e. The van der Waals surface area contributed by atoms with Crippen LogP contribution in [0.5, 0.6) is 0 Å². The summed E-state index contributed by atoms with van der Waals surface area (Å²) in [6.45, 7) is 9.48. The van der Waals surface area contributed by atoms with Crippen LogP contribution in [-0.4, -0.2) is 15.6 Å². The second kappa shape index (κ2) is 6.66. The van der Waals surface area contributed by atoms with Crippen LogP contribution in [-0.2, 0) is 16.0 Å². The third kappa shape index (κ3) is 3.58. The Hall–Kier alpha value is -1.61. The molecule has 0 radical (unpaired) electrons. The van der Waals surface area contributed by atoms with E-state index in [2.05, 4.69) is 30.8 Å². The van der Waals surface area contributed by atoms with E-state index in [1.807, 2.05) is 26.8 Å². The number of ketones is 1. The van der Waals surface area contributed by atoms with Gasteiger partial charge in [0.05, 0.1) is 10.7 Å². The van der Waals surface area contributed by atoms with E-state index in [-0.39, 0.29) is 10.9 Å². The molecular formula is C19H22O2S. The molecule has 1 aliphatic rings. The van der Waals surface area contributed by atoms with Crippen molar-refractivity contribution in [3.63, 3.8) is 0 Å². The van der Waals surface area contributed by atoms with Crippen molar-refractivity contribution in [3.8, 4) is 0 Å². The molecule has 0 aliphatic carbocycles. The van der Waals surface area contributed by atoms with Gasteiger partial charge in [-0.3, -0.25) is 9.59 Å². The van der Waals surface area contributed by atoms with E-state index >= 15 is 0 Å². The van der Waals surface area contributed by atoms with Crippen LogP contribution in [0.1, 0.15) is 31.4 Å². The fraction of sp³-hybridized carbons (Fsp3) is 0.368. The topological polar surface area (TPSA) is 34.1 Å². The first-order valence-corrected chi connectivity index (χ1v) is 8.32. The zero-order valence-corrected chi connectivity index (χ0v) is 14.2.